The number of hydrogen-bond donors (Lipinski definition) is 0. The summed E-state index contributed by atoms with van der Waals surface area (Å²) in [5.41, 5.74) is 12.1. The minimum Gasteiger partial charge on any atom is -0.370 e. The molecule has 0 saturated carbocycles. The largest absolute Gasteiger partial charge is 0.370 e. The smallest absolute Gasteiger partial charge is 0.184 e. The third-order valence-electron chi connectivity index (χ3n) is 6.12. The van der Waals surface area contributed by atoms with Crippen LogP contribution in [0.5, 0.6) is 0 Å². The first-order valence-electron chi connectivity index (χ1n) is 11.6. The van der Waals surface area contributed by atoms with Crippen molar-refractivity contribution >= 4 is 11.8 Å². The first-order valence-corrected chi connectivity index (χ1v) is 12.5. The van der Waals surface area contributed by atoms with Crippen molar-refractivity contribution in [2.24, 2.45) is 5.11 Å². The predicted molar refractivity (Wildman–Crippen MR) is 134 cm³/mol. The molecule has 6 atom stereocenters. The van der Waals surface area contributed by atoms with Crippen molar-refractivity contribution in [3.8, 4) is 0 Å². The van der Waals surface area contributed by atoms with Crippen LogP contribution in [0, 0.1) is 6.92 Å². The second-order valence-electron chi connectivity index (χ2n) is 8.61. The van der Waals surface area contributed by atoms with Crippen LogP contribution in [0.3, 0.4) is 0 Å². The molecule has 5 rings (SSSR count). The summed E-state index contributed by atoms with van der Waals surface area (Å²) in [5.74, 6) is 0. The van der Waals surface area contributed by atoms with Gasteiger partial charge in [-0.25, -0.2) is 0 Å². The van der Waals surface area contributed by atoms with Crippen LogP contribution in [0.25, 0.3) is 10.4 Å². The number of azide groups is 1. The summed E-state index contributed by atoms with van der Waals surface area (Å²) in [5, 5.41) is 4.15. The van der Waals surface area contributed by atoms with Gasteiger partial charge in [0.1, 0.15) is 23.7 Å². The fourth-order valence-corrected chi connectivity index (χ4v) is 5.44. The molecule has 2 fully saturated rings. The summed E-state index contributed by atoms with van der Waals surface area (Å²) in [6, 6.07) is 27.3. The highest BCUT2D eigenvalue weighted by molar-refractivity contribution is 7.99. The number of thioether (sulfide) groups is 1. The SMILES string of the molecule is Cc1ccc(SC2O[C@@H]3CO[C@H](c4ccccc4)O[C@@H]3[C@H](OCc3ccccc3)[C@H]2N=[N+]=[N-])cc1. The molecule has 0 N–H and O–H groups in total. The Kier molecular flexibility index (Phi) is 7.69. The van der Waals surface area contributed by atoms with Crippen LogP contribution in [-0.4, -0.2) is 36.4 Å². The predicted octanol–water partition coefficient (Wildman–Crippen LogP) is 6.19. The van der Waals surface area contributed by atoms with E-state index in [0.29, 0.717) is 13.2 Å². The van der Waals surface area contributed by atoms with Gasteiger partial charge in [-0.05, 0) is 30.2 Å². The monoisotopic (exact) mass is 489 g/mol. The van der Waals surface area contributed by atoms with Gasteiger partial charge in [-0.15, -0.1) is 0 Å². The summed E-state index contributed by atoms with van der Waals surface area (Å²) in [6.45, 7) is 2.77. The van der Waals surface area contributed by atoms with Crippen molar-refractivity contribution in [1.82, 2.24) is 0 Å². The summed E-state index contributed by atoms with van der Waals surface area (Å²) in [7, 11) is 0. The summed E-state index contributed by atoms with van der Waals surface area (Å²) in [4.78, 5) is 4.18. The maximum Gasteiger partial charge on any atom is 0.184 e. The fourth-order valence-electron chi connectivity index (χ4n) is 4.33. The van der Waals surface area contributed by atoms with E-state index in [9.17, 15) is 5.53 Å². The number of nitrogens with zero attached hydrogens (tertiary/aromatic N) is 3. The zero-order chi connectivity index (χ0) is 24.0. The van der Waals surface area contributed by atoms with Gasteiger partial charge < -0.3 is 18.9 Å². The first kappa shape index (κ1) is 23.9. The van der Waals surface area contributed by atoms with Gasteiger partial charge in [-0.3, -0.25) is 0 Å². The van der Waals surface area contributed by atoms with Gasteiger partial charge in [0, 0.05) is 15.4 Å². The van der Waals surface area contributed by atoms with Crippen molar-refractivity contribution in [2.75, 3.05) is 6.61 Å². The van der Waals surface area contributed by atoms with Crippen LogP contribution in [0.1, 0.15) is 23.0 Å². The highest BCUT2D eigenvalue weighted by Crippen LogP contribution is 2.41. The molecule has 2 heterocycles. The Morgan fingerprint density at radius 3 is 2.40 bits per heavy atom. The molecule has 0 aliphatic carbocycles. The van der Waals surface area contributed by atoms with E-state index < -0.39 is 30.0 Å². The van der Waals surface area contributed by atoms with Crippen molar-refractivity contribution in [2.45, 2.75) is 54.5 Å². The van der Waals surface area contributed by atoms with E-state index in [0.717, 1.165) is 16.0 Å². The molecule has 7 nitrogen and oxygen atoms in total. The summed E-state index contributed by atoms with van der Waals surface area (Å²) >= 11 is 1.52. The zero-order valence-corrected chi connectivity index (χ0v) is 20.2. The van der Waals surface area contributed by atoms with Crippen LogP contribution >= 0.6 is 11.8 Å². The topological polar surface area (TPSA) is 85.7 Å². The molecule has 0 spiro atoms. The number of rotatable bonds is 7. The third-order valence-corrected chi connectivity index (χ3v) is 7.29. The molecule has 2 saturated heterocycles. The minimum atomic E-state index is -0.592. The van der Waals surface area contributed by atoms with Crippen molar-refractivity contribution in [1.29, 1.82) is 0 Å². The van der Waals surface area contributed by atoms with E-state index >= 15 is 0 Å². The first-order chi connectivity index (χ1) is 17.2. The molecule has 0 amide bonds. The summed E-state index contributed by atoms with van der Waals surface area (Å²) < 4.78 is 25.3. The lowest BCUT2D eigenvalue weighted by Crippen LogP contribution is -2.61. The molecule has 3 aromatic carbocycles. The van der Waals surface area contributed by atoms with Crippen LogP contribution in [-0.2, 0) is 25.6 Å². The van der Waals surface area contributed by atoms with E-state index in [4.69, 9.17) is 18.9 Å². The second kappa shape index (κ2) is 11.3. The number of hydrogen-bond acceptors (Lipinski definition) is 6. The van der Waals surface area contributed by atoms with Gasteiger partial charge in [0.25, 0.3) is 0 Å². The number of aryl methyl sites for hydroxylation is 1. The highest BCUT2D eigenvalue weighted by Gasteiger charge is 2.50. The van der Waals surface area contributed by atoms with E-state index in [1.165, 1.54) is 17.3 Å². The Labute approximate surface area is 209 Å². The van der Waals surface area contributed by atoms with E-state index in [1.807, 2.05) is 79.7 Å². The Bertz CT molecular complexity index is 1140. The lowest BCUT2D eigenvalue weighted by Gasteiger charge is -2.48. The molecule has 35 heavy (non-hydrogen) atoms. The van der Waals surface area contributed by atoms with Gasteiger partial charge in [0.05, 0.1) is 19.3 Å². The molecule has 0 radical (unpaired) electrons. The van der Waals surface area contributed by atoms with Gasteiger partial charge in [0.15, 0.2) is 6.29 Å². The molecule has 0 bridgehead atoms. The normalized spacial score (nSPS) is 28.0. The molecular formula is C27H27N3O4S. The fraction of sp³-hybridized carbons (Fsp3) is 0.333. The number of fused-ring (bicyclic) bond motifs is 1. The van der Waals surface area contributed by atoms with E-state index in [-0.39, 0.29) is 6.10 Å². The zero-order valence-electron chi connectivity index (χ0n) is 19.3. The van der Waals surface area contributed by atoms with Crippen molar-refractivity contribution in [3.05, 3.63) is 112 Å². The lowest BCUT2D eigenvalue weighted by atomic mass is 9.97. The average molecular weight is 490 g/mol. The van der Waals surface area contributed by atoms with Crippen LogP contribution in [0.2, 0.25) is 0 Å². The minimum absolute atomic E-state index is 0.351. The molecule has 2 aliphatic heterocycles. The van der Waals surface area contributed by atoms with Crippen LogP contribution < -0.4 is 0 Å². The highest BCUT2D eigenvalue weighted by atomic mass is 32.2. The quantitative estimate of drug-likeness (QED) is 0.224. The van der Waals surface area contributed by atoms with Crippen LogP contribution in [0.4, 0.5) is 0 Å². The van der Waals surface area contributed by atoms with Crippen LogP contribution in [0.15, 0.2) is 94.9 Å². The maximum absolute atomic E-state index is 9.44. The molecule has 0 aromatic heterocycles. The maximum atomic E-state index is 9.44. The average Bonchev–Trinajstić information content (AvgIpc) is 2.90. The lowest BCUT2D eigenvalue weighted by molar-refractivity contribution is -0.311. The van der Waals surface area contributed by atoms with Crippen molar-refractivity contribution < 1.29 is 18.9 Å². The Balaban J connectivity index is 1.42. The third kappa shape index (κ3) is 5.70. The van der Waals surface area contributed by atoms with Gasteiger partial charge in [-0.1, -0.05) is 95.2 Å². The van der Waals surface area contributed by atoms with E-state index in [2.05, 4.69) is 22.2 Å². The number of ether oxygens (including phenoxy) is 4. The van der Waals surface area contributed by atoms with Gasteiger partial charge in [0.2, 0.25) is 0 Å². The second-order valence-corrected chi connectivity index (χ2v) is 9.78. The Morgan fingerprint density at radius 2 is 1.69 bits per heavy atom. The molecular weight excluding hydrogens is 462 g/mol. The van der Waals surface area contributed by atoms with E-state index in [1.54, 1.807) is 0 Å². The Morgan fingerprint density at radius 1 is 0.971 bits per heavy atom. The molecule has 3 aromatic rings. The molecule has 2 aliphatic rings. The molecule has 1 unspecified atom stereocenters. The van der Waals surface area contributed by atoms with Gasteiger partial charge >= 0.3 is 0 Å². The Hall–Kier alpha value is -2.84. The van der Waals surface area contributed by atoms with Crippen molar-refractivity contribution in [3.63, 3.8) is 0 Å². The molecule has 8 heteroatoms. The number of benzene rings is 3. The van der Waals surface area contributed by atoms with Gasteiger partial charge in [-0.2, -0.15) is 0 Å². The summed E-state index contributed by atoms with van der Waals surface area (Å²) in [6.07, 6.45) is -1.87. The molecule has 180 valence electrons. The standard InChI is InChI=1S/C27H27N3O4S/c1-18-12-14-21(15-13-18)35-27-23(29-30-28)25(31-16-19-8-4-2-5-9-19)24-22(33-27)17-32-26(34-24)20-10-6-3-7-11-20/h2-15,22-27H,16-17H2,1H3/t22-,23-,24+,25-,26+,27?/m1/s1.